The lowest BCUT2D eigenvalue weighted by Gasteiger charge is -2.20. The third-order valence-electron chi connectivity index (χ3n) is 2.43. The van der Waals surface area contributed by atoms with Crippen LogP contribution in [0.5, 0.6) is 0 Å². The van der Waals surface area contributed by atoms with Gasteiger partial charge in [0.25, 0.3) is 0 Å². The van der Waals surface area contributed by atoms with Crippen molar-refractivity contribution < 1.29 is 4.79 Å². The fourth-order valence-electron chi connectivity index (χ4n) is 1.40. The van der Waals surface area contributed by atoms with Crippen LogP contribution in [0, 0.1) is 5.92 Å². The number of amides is 1. The van der Waals surface area contributed by atoms with Gasteiger partial charge in [-0.05, 0) is 32.1 Å². The lowest BCUT2D eigenvalue weighted by atomic mass is 10.2. The van der Waals surface area contributed by atoms with Crippen molar-refractivity contribution in [3.8, 4) is 0 Å². The molecule has 1 amide bonds. The summed E-state index contributed by atoms with van der Waals surface area (Å²) in [5.41, 5.74) is 0. The van der Waals surface area contributed by atoms with Gasteiger partial charge in [-0.2, -0.15) is 0 Å². The maximum absolute atomic E-state index is 11.6. The summed E-state index contributed by atoms with van der Waals surface area (Å²) in [5, 5.41) is 0. The van der Waals surface area contributed by atoms with Crippen LogP contribution in [0.4, 0.5) is 0 Å². The van der Waals surface area contributed by atoms with Crippen molar-refractivity contribution in [2.45, 2.75) is 32.6 Å². The Hall–Kier alpha value is -0.240. The highest BCUT2D eigenvalue weighted by atomic mass is 35.5. The molecule has 1 saturated carbocycles. The lowest BCUT2D eigenvalue weighted by Crippen LogP contribution is -2.32. The number of alkyl halides is 1. The zero-order valence-corrected chi connectivity index (χ0v) is 9.02. The van der Waals surface area contributed by atoms with Crippen LogP contribution in [-0.2, 0) is 4.79 Å². The van der Waals surface area contributed by atoms with Crippen molar-refractivity contribution in [1.29, 1.82) is 0 Å². The predicted molar refractivity (Wildman–Crippen MR) is 54.9 cm³/mol. The molecule has 76 valence electrons. The van der Waals surface area contributed by atoms with Crippen LogP contribution in [0.2, 0.25) is 0 Å². The van der Waals surface area contributed by atoms with Gasteiger partial charge in [0.2, 0.25) is 5.91 Å². The predicted octanol–water partition coefficient (Wildman–Crippen LogP) is 2.26. The quantitative estimate of drug-likeness (QED) is 0.607. The summed E-state index contributed by atoms with van der Waals surface area (Å²) < 4.78 is 0. The molecule has 0 aromatic rings. The van der Waals surface area contributed by atoms with Gasteiger partial charge in [-0.1, -0.05) is 0 Å². The molecule has 0 aliphatic heterocycles. The van der Waals surface area contributed by atoms with E-state index in [1.165, 1.54) is 12.8 Å². The molecule has 1 rings (SSSR count). The largest absolute Gasteiger partial charge is 0.343 e. The molecule has 0 spiro atoms. The highest BCUT2D eigenvalue weighted by Crippen LogP contribution is 2.29. The minimum atomic E-state index is 0.273. The summed E-state index contributed by atoms with van der Waals surface area (Å²) in [7, 11) is 0. The fraction of sp³-hybridized carbons (Fsp3) is 0.900. The summed E-state index contributed by atoms with van der Waals surface area (Å²) >= 11 is 5.54. The molecular weight excluding hydrogens is 186 g/mol. The van der Waals surface area contributed by atoms with E-state index < -0.39 is 0 Å². The number of hydrogen-bond donors (Lipinski definition) is 0. The number of nitrogens with zero attached hydrogens (tertiary/aromatic N) is 1. The monoisotopic (exact) mass is 203 g/mol. The zero-order valence-electron chi connectivity index (χ0n) is 8.26. The number of carbonyl (C=O) groups is 1. The van der Waals surface area contributed by atoms with Gasteiger partial charge in [0, 0.05) is 25.4 Å². The minimum Gasteiger partial charge on any atom is -0.343 e. The molecule has 0 atom stereocenters. The van der Waals surface area contributed by atoms with E-state index in [2.05, 4.69) is 0 Å². The number of hydrogen-bond acceptors (Lipinski definition) is 1. The molecule has 1 aliphatic carbocycles. The van der Waals surface area contributed by atoms with Gasteiger partial charge in [-0.3, -0.25) is 4.79 Å². The zero-order chi connectivity index (χ0) is 9.68. The number of carbonyl (C=O) groups excluding carboxylic acids is 1. The topological polar surface area (TPSA) is 20.3 Å². The summed E-state index contributed by atoms with van der Waals surface area (Å²) in [6.45, 7) is 3.86. The molecule has 1 fully saturated rings. The molecule has 0 aromatic carbocycles. The molecule has 0 aromatic heterocycles. The van der Waals surface area contributed by atoms with E-state index >= 15 is 0 Å². The fourth-order valence-corrected chi connectivity index (χ4v) is 1.53. The molecular formula is C10H18ClNO. The molecule has 13 heavy (non-hydrogen) atoms. The highest BCUT2D eigenvalue weighted by molar-refractivity contribution is 6.17. The molecule has 0 bridgehead atoms. The van der Waals surface area contributed by atoms with E-state index in [-0.39, 0.29) is 5.91 Å². The molecule has 0 saturated heterocycles. The Kier molecular flexibility index (Phi) is 4.57. The second-order valence-electron chi connectivity index (χ2n) is 3.67. The Morgan fingerprint density at radius 3 is 2.69 bits per heavy atom. The van der Waals surface area contributed by atoms with Crippen LogP contribution in [0.25, 0.3) is 0 Å². The first kappa shape index (κ1) is 10.8. The van der Waals surface area contributed by atoms with E-state index in [1.54, 1.807) is 0 Å². The molecule has 0 unspecified atom stereocenters. The number of halogens is 1. The standard InChI is InChI=1S/C10H18ClNO/c1-2-12(8-9-5-6-9)10(13)4-3-7-11/h9H,2-8H2,1H3. The molecule has 3 heteroatoms. The van der Waals surface area contributed by atoms with Crippen LogP contribution < -0.4 is 0 Å². The third-order valence-corrected chi connectivity index (χ3v) is 2.70. The summed E-state index contributed by atoms with van der Waals surface area (Å²) in [4.78, 5) is 13.5. The van der Waals surface area contributed by atoms with Crippen LogP contribution in [-0.4, -0.2) is 29.8 Å². The Bertz CT molecular complexity index is 168. The van der Waals surface area contributed by atoms with E-state index in [9.17, 15) is 4.79 Å². The van der Waals surface area contributed by atoms with Gasteiger partial charge in [0.15, 0.2) is 0 Å². The summed E-state index contributed by atoms with van der Waals surface area (Å²) in [6.07, 6.45) is 4.03. The number of rotatable bonds is 6. The Morgan fingerprint density at radius 2 is 2.23 bits per heavy atom. The van der Waals surface area contributed by atoms with Crippen molar-refractivity contribution in [1.82, 2.24) is 4.90 Å². The van der Waals surface area contributed by atoms with Gasteiger partial charge in [-0.15, -0.1) is 11.6 Å². The first-order valence-corrected chi connectivity index (χ1v) is 5.65. The molecule has 0 N–H and O–H groups in total. The smallest absolute Gasteiger partial charge is 0.222 e. The maximum Gasteiger partial charge on any atom is 0.222 e. The maximum atomic E-state index is 11.6. The lowest BCUT2D eigenvalue weighted by molar-refractivity contribution is -0.131. The Labute approximate surface area is 85.2 Å². The molecule has 2 nitrogen and oxygen atoms in total. The second kappa shape index (κ2) is 5.48. The van der Waals surface area contributed by atoms with Crippen LogP contribution >= 0.6 is 11.6 Å². The average Bonchev–Trinajstić information content (AvgIpc) is 2.93. The molecule has 0 radical (unpaired) electrons. The molecule has 0 heterocycles. The van der Waals surface area contributed by atoms with E-state index in [0.717, 1.165) is 25.4 Å². The molecule has 1 aliphatic rings. The normalized spacial score (nSPS) is 15.8. The third kappa shape index (κ3) is 3.99. The van der Waals surface area contributed by atoms with Crippen LogP contribution in [0.1, 0.15) is 32.6 Å². The van der Waals surface area contributed by atoms with Crippen LogP contribution in [0.15, 0.2) is 0 Å². The van der Waals surface area contributed by atoms with E-state index in [4.69, 9.17) is 11.6 Å². The first-order chi connectivity index (χ1) is 6.27. The van der Waals surface area contributed by atoms with Gasteiger partial charge >= 0.3 is 0 Å². The van der Waals surface area contributed by atoms with Gasteiger partial charge < -0.3 is 4.90 Å². The average molecular weight is 204 g/mol. The summed E-state index contributed by atoms with van der Waals surface area (Å²) in [6, 6.07) is 0. The van der Waals surface area contributed by atoms with Crippen molar-refractivity contribution in [3.63, 3.8) is 0 Å². The van der Waals surface area contributed by atoms with E-state index in [1.807, 2.05) is 11.8 Å². The second-order valence-corrected chi connectivity index (χ2v) is 4.05. The van der Waals surface area contributed by atoms with Crippen molar-refractivity contribution in [2.24, 2.45) is 5.92 Å². The van der Waals surface area contributed by atoms with Gasteiger partial charge in [0.05, 0.1) is 0 Å². The van der Waals surface area contributed by atoms with Gasteiger partial charge in [0.1, 0.15) is 0 Å². The minimum absolute atomic E-state index is 0.273. The first-order valence-electron chi connectivity index (χ1n) is 5.11. The SMILES string of the molecule is CCN(CC1CC1)C(=O)CCCCl. The van der Waals surface area contributed by atoms with Crippen LogP contribution in [0.3, 0.4) is 0 Å². The van der Waals surface area contributed by atoms with E-state index in [0.29, 0.717) is 12.3 Å². The Morgan fingerprint density at radius 1 is 1.54 bits per heavy atom. The van der Waals surface area contributed by atoms with Crippen molar-refractivity contribution in [3.05, 3.63) is 0 Å². The van der Waals surface area contributed by atoms with Crippen molar-refractivity contribution >= 4 is 17.5 Å². The summed E-state index contributed by atoms with van der Waals surface area (Å²) in [5.74, 6) is 1.65. The van der Waals surface area contributed by atoms with Gasteiger partial charge in [-0.25, -0.2) is 0 Å². The Balaban J connectivity index is 2.21. The highest BCUT2D eigenvalue weighted by Gasteiger charge is 2.25. The van der Waals surface area contributed by atoms with Crippen molar-refractivity contribution in [2.75, 3.05) is 19.0 Å².